The van der Waals surface area contributed by atoms with Gasteiger partial charge in [-0.3, -0.25) is 0 Å². The minimum atomic E-state index is 0.190. The van der Waals surface area contributed by atoms with Crippen LogP contribution in [0.5, 0.6) is 0 Å². The largest absolute Gasteiger partial charge is 0.236 e. The lowest BCUT2D eigenvalue weighted by atomic mass is 9.99. The normalized spacial score (nSPS) is 14.8. The average molecular weight is 174 g/mol. The molecule has 0 rings (SSSR count). The predicted molar refractivity (Wildman–Crippen MR) is 50.8 cm³/mol. The molecule has 0 bridgehead atoms. The third-order valence-corrected chi connectivity index (χ3v) is 1.62. The van der Waals surface area contributed by atoms with E-state index in [2.05, 4.69) is 34.6 Å². The van der Waals surface area contributed by atoms with Crippen LogP contribution in [-0.2, 0) is 9.78 Å². The highest BCUT2D eigenvalue weighted by atomic mass is 17.2. The lowest BCUT2D eigenvalue weighted by Gasteiger charge is -2.17. The fourth-order valence-corrected chi connectivity index (χ4v) is 0.501. The second-order valence-electron chi connectivity index (χ2n) is 4.62. The van der Waals surface area contributed by atoms with Crippen LogP contribution in [0.15, 0.2) is 0 Å². The zero-order valence-electron chi connectivity index (χ0n) is 9.02. The summed E-state index contributed by atoms with van der Waals surface area (Å²) in [7, 11) is 0. The van der Waals surface area contributed by atoms with Gasteiger partial charge in [0.05, 0.1) is 13.2 Å². The highest BCUT2D eigenvalue weighted by Gasteiger charge is 2.10. The fraction of sp³-hybridized carbons (Fsp3) is 1.00. The van der Waals surface area contributed by atoms with Crippen LogP contribution in [0.3, 0.4) is 0 Å². The highest BCUT2D eigenvalue weighted by molar-refractivity contribution is 4.57. The first-order valence-electron chi connectivity index (χ1n) is 4.70. The van der Waals surface area contributed by atoms with E-state index in [1.807, 2.05) is 0 Å². The monoisotopic (exact) mass is 174 g/mol. The molecular formula is C10H22O2. The van der Waals surface area contributed by atoms with Crippen molar-refractivity contribution in [3.8, 4) is 0 Å². The first kappa shape index (κ1) is 11.9. The number of hydrogen-bond donors (Lipinski definition) is 0. The van der Waals surface area contributed by atoms with E-state index < -0.39 is 0 Å². The summed E-state index contributed by atoms with van der Waals surface area (Å²) in [6, 6.07) is 0. The molecule has 0 amide bonds. The SMILES string of the molecule is CCC(C)COOCC(C)(C)C. The maximum atomic E-state index is 5.07. The second kappa shape index (κ2) is 5.55. The molecule has 2 nitrogen and oxygen atoms in total. The molecule has 1 atom stereocenters. The molecule has 0 aromatic heterocycles. The van der Waals surface area contributed by atoms with Gasteiger partial charge in [-0.05, 0) is 11.3 Å². The second-order valence-corrected chi connectivity index (χ2v) is 4.62. The third-order valence-electron chi connectivity index (χ3n) is 1.62. The molecule has 0 aliphatic rings. The van der Waals surface area contributed by atoms with Gasteiger partial charge in [-0.25, -0.2) is 9.78 Å². The molecule has 12 heavy (non-hydrogen) atoms. The minimum Gasteiger partial charge on any atom is -0.236 e. The predicted octanol–water partition coefficient (Wildman–Crippen LogP) is 3.03. The fourth-order valence-electron chi connectivity index (χ4n) is 0.501. The van der Waals surface area contributed by atoms with Crippen molar-refractivity contribution in [3.05, 3.63) is 0 Å². The molecule has 0 aliphatic heterocycles. The van der Waals surface area contributed by atoms with Gasteiger partial charge in [0.25, 0.3) is 0 Å². The van der Waals surface area contributed by atoms with Gasteiger partial charge in [0, 0.05) is 0 Å². The highest BCUT2D eigenvalue weighted by Crippen LogP contribution is 2.13. The van der Waals surface area contributed by atoms with Crippen molar-refractivity contribution in [1.82, 2.24) is 0 Å². The van der Waals surface area contributed by atoms with Crippen LogP contribution in [0.25, 0.3) is 0 Å². The summed E-state index contributed by atoms with van der Waals surface area (Å²) >= 11 is 0. The smallest absolute Gasteiger partial charge is 0.0870 e. The summed E-state index contributed by atoms with van der Waals surface area (Å²) in [4.78, 5) is 10.1. The van der Waals surface area contributed by atoms with Gasteiger partial charge in [-0.2, -0.15) is 0 Å². The van der Waals surface area contributed by atoms with Crippen LogP contribution in [0, 0.1) is 11.3 Å². The Hall–Kier alpha value is -0.0800. The topological polar surface area (TPSA) is 18.5 Å². The standard InChI is InChI=1S/C10H22O2/c1-6-9(2)7-11-12-8-10(3,4)5/h9H,6-8H2,1-5H3. The molecule has 0 aromatic rings. The van der Waals surface area contributed by atoms with Crippen LogP contribution < -0.4 is 0 Å². The van der Waals surface area contributed by atoms with Crippen molar-refractivity contribution in [1.29, 1.82) is 0 Å². The van der Waals surface area contributed by atoms with Crippen molar-refractivity contribution in [2.24, 2.45) is 11.3 Å². The molecule has 74 valence electrons. The van der Waals surface area contributed by atoms with Gasteiger partial charge in [-0.15, -0.1) is 0 Å². The van der Waals surface area contributed by atoms with Gasteiger partial charge < -0.3 is 0 Å². The zero-order chi connectivity index (χ0) is 9.61. The van der Waals surface area contributed by atoms with E-state index >= 15 is 0 Å². The molecule has 0 saturated heterocycles. The maximum absolute atomic E-state index is 5.07. The molecule has 0 aromatic carbocycles. The van der Waals surface area contributed by atoms with E-state index in [0.717, 1.165) is 6.42 Å². The molecule has 1 unspecified atom stereocenters. The molecule has 0 saturated carbocycles. The Labute approximate surface area is 76.2 Å². The molecule has 0 radical (unpaired) electrons. The lowest BCUT2D eigenvalue weighted by Crippen LogP contribution is -2.16. The molecule has 0 N–H and O–H groups in total. The molecule has 2 heteroatoms. The molecular weight excluding hydrogens is 152 g/mol. The Bertz CT molecular complexity index is 105. The molecule has 0 aliphatic carbocycles. The van der Waals surface area contributed by atoms with E-state index in [4.69, 9.17) is 9.78 Å². The van der Waals surface area contributed by atoms with Crippen LogP contribution in [0.4, 0.5) is 0 Å². The summed E-state index contributed by atoms with van der Waals surface area (Å²) in [6.07, 6.45) is 1.14. The van der Waals surface area contributed by atoms with E-state index in [9.17, 15) is 0 Å². The summed E-state index contributed by atoms with van der Waals surface area (Å²) in [6.45, 7) is 12.0. The van der Waals surface area contributed by atoms with Gasteiger partial charge >= 0.3 is 0 Å². The molecule has 0 spiro atoms. The third kappa shape index (κ3) is 8.02. The van der Waals surface area contributed by atoms with Crippen molar-refractivity contribution < 1.29 is 9.78 Å². The summed E-state index contributed by atoms with van der Waals surface area (Å²) in [5, 5.41) is 0. The van der Waals surface area contributed by atoms with Gasteiger partial charge in [0.1, 0.15) is 0 Å². The van der Waals surface area contributed by atoms with Crippen LogP contribution in [0.2, 0.25) is 0 Å². The molecule has 0 heterocycles. The summed E-state index contributed by atoms with van der Waals surface area (Å²) in [5.74, 6) is 0.588. The molecule has 0 fully saturated rings. The quantitative estimate of drug-likeness (QED) is 0.362. The number of rotatable bonds is 5. The first-order chi connectivity index (χ1) is 5.45. The van der Waals surface area contributed by atoms with E-state index in [1.54, 1.807) is 0 Å². The zero-order valence-corrected chi connectivity index (χ0v) is 9.02. The van der Waals surface area contributed by atoms with Gasteiger partial charge in [0.15, 0.2) is 0 Å². The Kier molecular flexibility index (Phi) is 5.51. The summed E-state index contributed by atoms with van der Waals surface area (Å²) in [5.41, 5.74) is 0.190. The van der Waals surface area contributed by atoms with Gasteiger partial charge in [0.2, 0.25) is 0 Å². The van der Waals surface area contributed by atoms with Gasteiger partial charge in [-0.1, -0.05) is 41.0 Å². The average Bonchev–Trinajstić information content (AvgIpc) is 1.96. The van der Waals surface area contributed by atoms with E-state index in [0.29, 0.717) is 19.1 Å². The van der Waals surface area contributed by atoms with Crippen molar-refractivity contribution in [2.45, 2.75) is 41.0 Å². The van der Waals surface area contributed by atoms with Crippen molar-refractivity contribution >= 4 is 0 Å². The van der Waals surface area contributed by atoms with Crippen LogP contribution in [-0.4, -0.2) is 13.2 Å². The Morgan fingerprint density at radius 2 is 1.75 bits per heavy atom. The van der Waals surface area contributed by atoms with Crippen LogP contribution >= 0.6 is 0 Å². The van der Waals surface area contributed by atoms with Crippen molar-refractivity contribution in [3.63, 3.8) is 0 Å². The maximum Gasteiger partial charge on any atom is 0.0870 e. The van der Waals surface area contributed by atoms with Crippen LogP contribution in [0.1, 0.15) is 41.0 Å². The minimum absolute atomic E-state index is 0.190. The van der Waals surface area contributed by atoms with E-state index in [-0.39, 0.29) is 5.41 Å². The Balaban J connectivity index is 3.22. The van der Waals surface area contributed by atoms with E-state index in [1.165, 1.54) is 0 Å². The van der Waals surface area contributed by atoms with Crippen molar-refractivity contribution in [2.75, 3.05) is 13.2 Å². The Morgan fingerprint density at radius 1 is 1.17 bits per heavy atom. The first-order valence-corrected chi connectivity index (χ1v) is 4.70. The lowest BCUT2D eigenvalue weighted by molar-refractivity contribution is -0.312. The summed E-state index contributed by atoms with van der Waals surface area (Å²) < 4.78 is 0. The Morgan fingerprint density at radius 3 is 2.17 bits per heavy atom. The number of hydrogen-bond acceptors (Lipinski definition) is 2.